The summed E-state index contributed by atoms with van der Waals surface area (Å²) >= 11 is 0. The number of likely N-dealkylation sites (tertiary alicyclic amines) is 1. The molecule has 0 spiro atoms. The Hall–Kier alpha value is -2.28. The van der Waals surface area contributed by atoms with Crippen LogP contribution in [0, 0.1) is 24.7 Å². The Morgan fingerprint density at radius 3 is 3.04 bits per heavy atom. The molecule has 0 unspecified atom stereocenters. The first kappa shape index (κ1) is 15.3. The zero-order valence-electron chi connectivity index (χ0n) is 13.6. The molecule has 126 valence electrons. The second kappa shape index (κ2) is 6.32. The predicted molar refractivity (Wildman–Crippen MR) is 84.2 cm³/mol. The highest BCUT2D eigenvalue weighted by atomic mass is 16.5. The van der Waals surface area contributed by atoms with Gasteiger partial charge in [-0.15, -0.1) is 0 Å². The Labute approximate surface area is 140 Å². The number of pyridine rings is 1. The highest BCUT2D eigenvalue weighted by Gasteiger charge is 2.43. The van der Waals surface area contributed by atoms with Gasteiger partial charge in [-0.2, -0.15) is 4.98 Å². The van der Waals surface area contributed by atoms with E-state index in [9.17, 15) is 4.79 Å². The average Bonchev–Trinajstić information content (AvgIpc) is 3.22. The van der Waals surface area contributed by atoms with Crippen LogP contribution in [-0.4, -0.2) is 52.2 Å². The minimum atomic E-state index is 0.0462. The van der Waals surface area contributed by atoms with Crippen LogP contribution in [-0.2, 0) is 11.2 Å². The van der Waals surface area contributed by atoms with E-state index in [0.29, 0.717) is 54.7 Å². The summed E-state index contributed by atoms with van der Waals surface area (Å²) in [7, 11) is 0. The molecule has 0 saturated carbocycles. The standard InChI is InChI=1S/C17H20N4O3/c1-11-19-16(24-20-11)5-13-9-23-10-14-7-21(8-15(13)14)17(22)12-3-2-4-18-6-12/h2-4,6,13-15H,5,7-10H2,1H3/t13-,14-,15+/m1/s1. The third-order valence-corrected chi connectivity index (χ3v) is 4.96. The number of carbonyl (C=O) groups excluding carboxylic acids is 1. The van der Waals surface area contributed by atoms with E-state index >= 15 is 0 Å². The van der Waals surface area contributed by atoms with Crippen molar-refractivity contribution in [3.63, 3.8) is 0 Å². The van der Waals surface area contributed by atoms with Gasteiger partial charge in [0.1, 0.15) is 0 Å². The summed E-state index contributed by atoms with van der Waals surface area (Å²) in [6, 6.07) is 3.60. The van der Waals surface area contributed by atoms with Crippen LogP contribution < -0.4 is 0 Å². The summed E-state index contributed by atoms with van der Waals surface area (Å²) in [5.41, 5.74) is 0.640. The van der Waals surface area contributed by atoms with E-state index in [1.165, 1.54) is 0 Å². The lowest BCUT2D eigenvalue weighted by atomic mass is 9.81. The lowest BCUT2D eigenvalue weighted by Gasteiger charge is -2.31. The Morgan fingerprint density at radius 1 is 1.38 bits per heavy atom. The topological polar surface area (TPSA) is 81.4 Å². The predicted octanol–water partition coefficient (Wildman–Crippen LogP) is 1.35. The van der Waals surface area contributed by atoms with Gasteiger partial charge in [0.25, 0.3) is 5.91 Å². The molecule has 3 atom stereocenters. The molecule has 2 saturated heterocycles. The van der Waals surface area contributed by atoms with Gasteiger partial charge in [-0.1, -0.05) is 5.16 Å². The highest BCUT2D eigenvalue weighted by Crippen LogP contribution is 2.36. The molecule has 2 aliphatic rings. The van der Waals surface area contributed by atoms with E-state index in [1.54, 1.807) is 18.5 Å². The van der Waals surface area contributed by atoms with Crippen LogP contribution >= 0.6 is 0 Å². The zero-order valence-corrected chi connectivity index (χ0v) is 13.6. The van der Waals surface area contributed by atoms with Crippen LogP contribution in [0.25, 0.3) is 0 Å². The summed E-state index contributed by atoms with van der Waals surface area (Å²) < 4.78 is 11.0. The van der Waals surface area contributed by atoms with Crippen LogP contribution in [0.15, 0.2) is 29.0 Å². The van der Waals surface area contributed by atoms with Gasteiger partial charge in [-0.25, -0.2) is 0 Å². The summed E-state index contributed by atoms with van der Waals surface area (Å²) in [5.74, 6) is 2.43. The zero-order chi connectivity index (χ0) is 16.5. The maximum Gasteiger partial charge on any atom is 0.255 e. The van der Waals surface area contributed by atoms with Crippen molar-refractivity contribution >= 4 is 5.91 Å². The molecule has 0 aromatic carbocycles. The molecule has 0 bridgehead atoms. The molecule has 7 heteroatoms. The second-order valence-electron chi connectivity index (χ2n) is 6.61. The molecule has 24 heavy (non-hydrogen) atoms. The first-order valence-electron chi connectivity index (χ1n) is 8.27. The SMILES string of the molecule is Cc1noc(C[C@@H]2COC[C@H]3CN(C(=O)c4cccnc4)C[C@@H]23)n1. The van der Waals surface area contributed by atoms with Crippen LogP contribution in [0.3, 0.4) is 0 Å². The van der Waals surface area contributed by atoms with Crippen LogP contribution in [0.2, 0.25) is 0 Å². The van der Waals surface area contributed by atoms with Crippen molar-refractivity contribution in [2.75, 3.05) is 26.3 Å². The third-order valence-electron chi connectivity index (χ3n) is 4.96. The Morgan fingerprint density at radius 2 is 2.29 bits per heavy atom. The highest BCUT2D eigenvalue weighted by molar-refractivity contribution is 5.94. The van der Waals surface area contributed by atoms with E-state index in [-0.39, 0.29) is 5.91 Å². The van der Waals surface area contributed by atoms with Gasteiger partial charge >= 0.3 is 0 Å². The largest absolute Gasteiger partial charge is 0.381 e. The number of aryl methyl sites for hydroxylation is 1. The monoisotopic (exact) mass is 328 g/mol. The van der Waals surface area contributed by atoms with Gasteiger partial charge in [-0.3, -0.25) is 9.78 Å². The van der Waals surface area contributed by atoms with Gasteiger partial charge in [0.2, 0.25) is 5.89 Å². The first-order valence-corrected chi connectivity index (χ1v) is 8.27. The van der Waals surface area contributed by atoms with E-state index in [2.05, 4.69) is 15.1 Å². The quantitative estimate of drug-likeness (QED) is 0.846. The van der Waals surface area contributed by atoms with E-state index in [4.69, 9.17) is 9.26 Å². The Balaban J connectivity index is 1.47. The fraction of sp³-hybridized carbons (Fsp3) is 0.529. The number of rotatable bonds is 3. The molecule has 0 radical (unpaired) electrons. The maximum atomic E-state index is 12.7. The minimum Gasteiger partial charge on any atom is -0.381 e. The van der Waals surface area contributed by atoms with Crippen LogP contribution in [0.4, 0.5) is 0 Å². The minimum absolute atomic E-state index is 0.0462. The molecule has 4 heterocycles. The fourth-order valence-corrected chi connectivity index (χ4v) is 3.80. The number of ether oxygens (including phenoxy) is 1. The van der Waals surface area contributed by atoms with Crippen molar-refractivity contribution in [1.82, 2.24) is 20.0 Å². The molecular formula is C17H20N4O3. The lowest BCUT2D eigenvalue weighted by Crippen LogP contribution is -2.36. The van der Waals surface area contributed by atoms with Crippen molar-refractivity contribution in [1.29, 1.82) is 0 Å². The van der Waals surface area contributed by atoms with Crippen LogP contribution in [0.1, 0.15) is 22.1 Å². The molecule has 0 N–H and O–H groups in total. The third kappa shape index (κ3) is 2.91. The molecule has 0 aliphatic carbocycles. The van der Waals surface area contributed by atoms with Crippen molar-refractivity contribution < 1.29 is 14.1 Å². The molecular weight excluding hydrogens is 308 g/mol. The van der Waals surface area contributed by atoms with Crippen molar-refractivity contribution in [2.45, 2.75) is 13.3 Å². The van der Waals surface area contributed by atoms with Crippen molar-refractivity contribution in [3.8, 4) is 0 Å². The molecule has 7 nitrogen and oxygen atoms in total. The van der Waals surface area contributed by atoms with Gasteiger partial charge in [0, 0.05) is 37.8 Å². The number of hydrogen-bond donors (Lipinski definition) is 0. The van der Waals surface area contributed by atoms with Crippen LogP contribution in [0.5, 0.6) is 0 Å². The van der Waals surface area contributed by atoms with E-state index in [1.807, 2.05) is 17.9 Å². The van der Waals surface area contributed by atoms with Crippen molar-refractivity contribution in [3.05, 3.63) is 41.8 Å². The molecule has 2 aromatic heterocycles. The van der Waals surface area contributed by atoms with Gasteiger partial charge in [-0.05, 0) is 30.9 Å². The molecule has 2 fully saturated rings. The number of aromatic nitrogens is 3. The summed E-state index contributed by atoms with van der Waals surface area (Å²) in [5, 5.41) is 3.85. The number of nitrogens with zero attached hydrogens (tertiary/aromatic N) is 4. The molecule has 1 amide bonds. The van der Waals surface area contributed by atoms with Gasteiger partial charge in [0.05, 0.1) is 18.8 Å². The number of carbonyl (C=O) groups is 1. The summed E-state index contributed by atoms with van der Waals surface area (Å²) in [6.07, 6.45) is 4.01. The smallest absolute Gasteiger partial charge is 0.255 e. The molecule has 2 aromatic rings. The summed E-state index contributed by atoms with van der Waals surface area (Å²) in [4.78, 5) is 22.9. The second-order valence-corrected chi connectivity index (χ2v) is 6.61. The van der Waals surface area contributed by atoms with E-state index < -0.39 is 0 Å². The maximum absolute atomic E-state index is 12.7. The Kier molecular flexibility index (Phi) is 4.02. The molecule has 2 aliphatic heterocycles. The normalized spacial score (nSPS) is 26.4. The fourth-order valence-electron chi connectivity index (χ4n) is 3.80. The number of fused-ring (bicyclic) bond motifs is 1. The van der Waals surface area contributed by atoms with E-state index in [0.717, 1.165) is 13.1 Å². The average molecular weight is 328 g/mol. The summed E-state index contributed by atoms with van der Waals surface area (Å²) in [6.45, 7) is 4.69. The number of hydrogen-bond acceptors (Lipinski definition) is 6. The Bertz CT molecular complexity index is 718. The lowest BCUT2D eigenvalue weighted by molar-refractivity contribution is -0.0110. The number of amides is 1. The molecule has 4 rings (SSSR count). The van der Waals surface area contributed by atoms with Gasteiger partial charge < -0.3 is 14.2 Å². The van der Waals surface area contributed by atoms with Gasteiger partial charge in [0.15, 0.2) is 5.82 Å². The van der Waals surface area contributed by atoms with Crippen molar-refractivity contribution in [2.24, 2.45) is 17.8 Å². The first-order chi connectivity index (χ1) is 11.7.